The minimum absolute atomic E-state index is 0. The molecule has 0 N–H and O–H groups in total. The van der Waals surface area contributed by atoms with Gasteiger partial charge in [-0.05, 0) is 76.2 Å². The van der Waals surface area contributed by atoms with Crippen LogP contribution in [0.3, 0.4) is 0 Å². The first-order valence-corrected chi connectivity index (χ1v) is 15.6. The number of nitrogens with zero attached hydrogens (tertiary/aromatic N) is 3. The molecule has 48 heavy (non-hydrogen) atoms. The Hall–Kier alpha value is -4.47. The van der Waals surface area contributed by atoms with Crippen molar-refractivity contribution in [3.63, 3.8) is 0 Å². The Morgan fingerprint density at radius 1 is 0.750 bits per heavy atom. The third kappa shape index (κ3) is 6.36. The molecule has 0 fully saturated rings. The number of ether oxygens (including phenoxy) is 1. The normalized spacial score (nSPS) is 14.4. The van der Waals surface area contributed by atoms with Crippen molar-refractivity contribution in [1.82, 2.24) is 14.4 Å². The van der Waals surface area contributed by atoms with Crippen molar-refractivity contribution in [3.8, 4) is 45.3 Å². The third-order valence-corrected chi connectivity index (χ3v) is 8.34. The number of aromatic nitrogens is 3. The molecule has 0 saturated carbocycles. The van der Waals surface area contributed by atoms with Gasteiger partial charge in [0.15, 0.2) is 5.58 Å². The molecule has 0 spiro atoms. The van der Waals surface area contributed by atoms with Gasteiger partial charge in [0.2, 0.25) is 5.71 Å². The summed E-state index contributed by atoms with van der Waals surface area (Å²) in [5.41, 5.74) is 6.19. The third-order valence-electron chi connectivity index (χ3n) is 8.34. The van der Waals surface area contributed by atoms with Gasteiger partial charge < -0.3 is 18.5 Å². The molecule has 7 rings (SSSR count). The number of aryl methyl sites for hydroxylation is 2. The summed E-state index contributed by atoms with van der Waals surface area (Å²) < 4.78 is 64.5. The molecule has 0 bridgehead atoms. The summed E-state index contributed by atoms with van der Waals surface area (Å²) in [6, 6.07) is 29.9. The topological polar surface area (TPSA) is 52.6 Å². The standard InChI is InChI=1S/C42H39N3O2.Pt/c1-26-11-9-12-27(2)39(26)30-19-29(35-23-32(17-18-43-35)42(6,7)8)21-34(22-30)46-33-14-10-13-28(20-33)40-44-25-38-45(40)36-16-15-31(41(3,4)5)24-37(36)47-38;/h9-19,22-25H,1-8H3;/q-2;+2/i1D3,2D3;. The van der Waals surface area contributed by atoms with Crippen LogP contribution in [0, 0.1) is 25.8 Å². The summed E-state index contributed by atoms with van der Waals surface area (Å²) >= 11 is 0. The number of benzene rings is 4. The summed E-state index contributed by atoms with van der Waals surface area (Å²) in [5.74, 6) is 1.18. The van der Waals surface area contributed by atoms with Crippen molar-refractivity contribution >= 4 is 16.8 Å². The molecular formula is C42H39N3O2Pt. The first-order valence-electron chi connectivity index (χ1n) is 18.6. The second-order valence-corrected chi connectivity index (χ2v) is 13.9. The fourth-order valence-electron chi connectivity index (χ4n) is 5.74. The molecule has 5 nitrogen and oxygen atoms in total. The van der Waals surface area contributed by atoms with Crippen molar-refractivity contribution in [2.75, 3.05) is 0 Å². The van der Waals surface area contributed by atoms with Crippen molar-refractivity contribution in [1.29, 1.82) is 0 Å². The SMILES string of the molecule is [2H]C([2H])([2H])c1cccc(C([2H])([2H])[2H])c1-c1cc(Oc2[c-]c(-c3ncc4oc5cc(C(C)(C)C)ccc5n34)ccc2)[c-]c(-c2cc(C(C)(C)C)ccn2)c1.[Pt+2]. The summed E-state index contributed by atoms with van der Waals surface area (Å²) in [6.45, 7) is 7.59. The van der Waals surface area contributed by atoms with E-state index in [2.05, 4.69) is 75.8 Å². The second-order valence-electron chi connectivity index (χ2n) is 13.9. The number of hydrogen-bond donors (Lipinski definition) is 0. The molecule has 0 aliphatic heterocycles. The molecule has 3 aromatic heterocycles. The van der Waals surface area contributed by atoms with Gasteiger partial charge in [0, 0.05) is 25.9 Å². The number of oxazole rings is 1. The smallest absolute Gasteiger partial charge is 0.497 e. The van der Waals surface area contributed by atoms with Crippen LogP contribution in [0.15, 0.2) is 95.7 Å². The molecule has 0 atom stereocenters. The number of rotatable bonds is 5. The molecule has 0 unspecified atom stereocenters. The molecule has 244 valence electrons. The predicted molar refractivity (Wildman–Crippen MR) is 190 cm³/mol. The predicted octanol–water partition coefficient (Wildman–Crippen LogP) is 11.1. The maximum absolute atomic E-state index is 8.32. The fourth-order valence-corrected chi connectivity index (χ4v) is 5.74. The minimum atomic E-state index is -2.59. The Balaban J connectivity index is 0.00000497. The first-order chi connectivity index (χ1) is 24.8. The zero-order chi connectivity index (χ0) is 38.1. The summed E-state index contributed by atoms with van der Waals surface area (Å²) in [6.07, 6.45) is 3.40. The van der Waals surface area contributed by atoms with Gasteiger partial charge in [-0.2, -0.15) is 0 Å². The van der Waals surface area contributed by atoms with Crippen molar-refractivity contribution < 1.29 is 38.4 Å². The molecule has 4 aromatic carbocycles. The fraction of sp³-hybridized carbons (Fsp3) is 0.238. The van der Waals surface area contributed by atoms with Crippen LogP contribution in [0.1, 0.15) is 72.0 Å². The Labute approximate surface area is 305 Å². The van der Waals surface area contributed by atoms with E-state index in [1.165, 1.54) is 18.2 Å². The van der Waals surface area contributed by atoms with E-state index in [1.54, 1.807) is 30.6 Å². The molecule has 0 radical (unpaired) electrons. The average Bonchev–Trinajstić information content (AvgIpc) is 3.66. The molecule has 6 heteroatoms. The summed E-state index contributed by atoms with van der Waals surface area (Å²) in [4.78, 5) is 9.28. The molecule has 7 aromatic rings. The molecule has 0 saturated heterocycles. The Morgan fingerprint density at radius 2 is 1.46 bits per heavy atom. The van der Waals surface area contributed by atoms with E-state index in [0.717, 1.165) is 22.2 Å². The van der Waals surface area contributed by atoms with Gasteiger partial charge in [-0.25, -0.2) is 0 Å². The van der Waals surface area contributed by atoms with Crippen LogP contribution in [0.5, 0.6) is 11.5 Å². The van der Waals surface area contributed by atoms with E-state index in [4.69, 9.17) is 17.4 Å². The van der Waals surface area contributed by atoms with Gasteiger partial charge in [-0.15, -0.1) is 35.4 Å². The van der Waals surface area contributed by atoms with Gasteiger partial charge in [0.25, 0.3) is 0 Å². The van der Waals surface area contributed by atoms with E-state index in [-0.39, 0.29) is 54.3 Å². The number of pyridine rings is 1. The first kappa shape index (κ1) is 26.5. The van der Waals surface area contributed by atoms with Crippen molar-refractivity contribution in [3.05, 3.63) is 126 Å². The monoisotopic (exact) mass is 818 g/mol. The number of imidazole rings is 1. The van der Waals surface area contributed by atoms with Crippen LogP contribution >= 0.6 is 0 Å². The van der Waals surface area contributed by atoms with Crippen molar-refractivity contribution in [2.24, 2.45) is 0 Å². The minimum Gasteiger partial charge on any atom is -0.497 e. The van der Waals surface area contributed by atoms with Crippen LogP contribution in [-0.2, 0) is 31.9 Å². The van der Waals surface area contributed by atoms with E-state index >= 15 is 0 Å². The zero-order valence-corrected chi connectivity index (χ0v) is 29.9. The van der Waals surface area contributed by atoms with Crippen LogP contribution in [0.2, 0.25) is 0 Å². The maximum Gasteiger partial charge on any atom is 2.00 e. The van der Waals surface area contributed by atoms with E-state index in [1.807, 2.05) is 34.7 Å². The van der Waals surface area contributed by atoms with Gasteiger partial charge >= 0.3 is 21.1 Å². The quantitative estimate of drug-likeness (QED) is 0.162. The van der Waals surface area contributed by atoms with Crippen LogP contribution in [0.4, 0.5) is 0 Å². The van der Waals surface area contributed by atoms with Crippen LogP contribution in [-0.4, -0.2) is 14.4 Å². The van der Waals surface area contributed by atoms with Gasteiger partial charge in [-0.3, -0.25) is 4.98 Å². The second kappa shape index (κ2) is 12.5. The van der Waals surface area contributed by atoms with Gasteiger partial charge in [-0.1, -0.05) is 95.6 Å². The van der Waals surface area contributed by atoms with Crippen LogP contribution in [0.25, 0.3) is 50.6 Å². The van der Waals surface area contributed by atoms with E-state index < -0.39 is 13.7 Å². The van der Waals surface area contributed by atoms with Gasteiger partial charge in [0.05, 0.1) is 17.5 Å². The van der Waals surface area contributed by atoms with Crippen molar-refractivity contribution in [2.45, 2.75) is 66.1 Å². The summed E-state index contributed by atoms with van der Waals surface area (Å²) in [5, 5.41) is 0. The molecule has 3 heterocycles. The maximum atomic E-state index is 8.32. The van der Waals surface area contributed by atoms with Crippen LogP contribution < -0.4 is 4.74 Å². The zero-order valence-electron chi connectivity index (χ0n) is 33.6. The van der Waals surface area contributed by atoms with E-state index in [9.17, 15) is 0 Å². The Morgan fingerprint density at radius 3 is 2.19 bits per heavy atom. The van der Waals surface area contributed by atoms with E-state index in [0.29, 0.717) is 39.7 Å². The number of hydrogen-bond acceptors (Lipinski definition) is 4. The number of fused-ring (bicyclic) bond motifs is 3. The molecule has 0 aliphatic rings. The molecular weight excluding hydrogens is 774 g/mol. The summed E-state index contributed by atoms with van der Waals surface area (Å²) in [7, 11) is 0. The Bertz CT molecular complexity index is 2470. The largest absolute Gasteiger partial charge is 2.00 e. The average molecular weight is 819 g/mol. The molecule has 0 aliphatic carbocycles. The van der Waals surface area contributed by atoms with Gasteiger partial charge in [0.1, 0.15) is 0 Å². The molecule has 0 amide bonds. The Kier molecular flexibility index (Phi) is 6.91.